The molecule has 0 aliphatic heterocycles. The molecule has 1 radical (unpaired) electrons. The van der Waals surface area contributed by atoms with Gasteiger partial charge in [0.2, 0.25) is 0 Å². The third-order valence-electron chi connectivity index (χ3n) is 0. The number of rotatable bonds is 0. The summed E-state index contributed by atoms with van der Waals surface area (Å²) in [5.41, 5.74) is 0. The van der Waals surface area contributed by atoms with Crippen molar-refractivity contribution in [1.29, 1.82) is 0 Å². The molecule has 39 valence electrons. The molecule has 0 N–H and O–H groups in total. The Morgan fingerprint density at radius 2 is 0.571 bits per heavy atom. The van der Waals surface area contributed by atoms with Gasteiger partial charge in [-0.15, -0.1) is 0 Å². The molecule has 0 amide bonds. The first-order chi connectivity index (χ1) is 0. The molecule has 0 spiro atoms. The molecule has 0 aliphatic rings. The fraction of sp³-hybridized carbons (Fsp3) is 0. The van der Waals surface area contributed by atoms with Crippen LogP contribution < -0.4 is 0 Å². The van der Waals surface area contributed by atoms with E-state index in [0.29, 0.717) is 0 Å². The molecule has 7 heteroatoms. The Labute approximate surface area is 183 Å². The van der Waals surface area contributed by atoms with E-state index < -0.39 is 0 Å². The number of hydrogen-bond acceptors (Lipinski definition) is 0. The monoisotopic (exact) mass is 521 g/mol. The van der Waals surface area contributed by atoms with Crippen molar-refractivity contribution >= 4 is 99.5 Å². The molecule has 0 heterocycles. The van der Waals surface area contributed by atoms with Crippen LogP contribution in [0.2, 0.25) is 0 Å². The molecule has 0 bridgehead atoms. The van der Waals surface area contributed by atoms with Gasteiger partial charge in [-0.3, -0.25) is 0 Å². The van der Waals surface area contributed by atoms with Gasteiger partial charge in [0.15, 0.2) is 0 Å². The maximum absolute atomic E-state index is 0. The van der Waals surface area contributed by atoms with Crippen LogP contribution in [-0.4, -0.2) is 45.5 Å². The molecule has 0 saturated carbocycles. The molecule has 0 saturated heterocycles. The van der Waals surface area contributed by atoms with Gasteiger partial charge in [-0.2, -0.15) is 0 Å². The maximum atomic E-state index is 0. The Hall–Kier alpha value is 5.80. The summed E-state index contributed by atoms with van der Waals surface area (Å²) in [7, 11) is 0. The van der Waals surface area contributed by atoms with E-state index in [1.165, 1.54) is 0 Å². The molecule has 7 heavy (non-hydrogen) atoms. The van der Waals surface area contributed by atoms with Crippen LogP contribution in [0.25, 0.3) is 0 Å². The molecule has 0 atom stereocenters. The molecule has 0 aromatic rings. The molecule has 0 aromatic heterocycles. The Bertz CT molecular complexity index is 11.7. The summed E-state index contributed by atoms with van der Waals surface area (Å²) in [4.78, 5) is 0. The second-order valence-corrected chi connectivity index (χ2v) is 0. The van der Waals surface area contributed by atoms with Crippen LogP contribution in [0.15, 0.2) is 0 Å². The zero-order chi connectivity index (χ0) is 0. The van der Waals surface area contributed by atoms with E-state index in [1.807, 2.05) is 0 Å². The van der Waals surface area contributed by atoms with E-state index in [0.717, 1.165) is 0 Å². The zero-order valence-electron chi connectivity index (χ0n) is 3.13. The van der Waals surface area contributed by atoms with Crippen molar-refractivity contribution in [3.63, 3.8) is 0 Å². The van der Waals surface area contributed by atoms with Crippen LogP contribution in [0.5, 0.6) is 0 Å². The van der Waals surface area contributed by atoms with E-state index in [-0.39, 0.29) is 189 Å². The van der Waals surface area contributed by atoms with Crippen molar-refractivity contribution in [2.45, 2.75) is 0 Å². The van der Waals surface area contributed by atoms with E-state index in [4.69, 9.17) is 0 Å². The quantitative estimate of drug-likeness (QED) is 0.384. The average molecular weight is 518 g/mol. The van der Waals surface area contributed by atoms with Crippen LogP contribution in [0, 0.1) is 89.8 Å². The predicted octanol–water partition coefficient (Wildman–Crippen LogP) is -0.390. The standard InChI is InChI=1S/Eu.4S.Sm.Sr/q+3;4*-2;+3;+2. The molecular formula is EuS4SmSr. The molecule has 0 nitrogen and oxygen atoms in total. The topological polar surface area (TPSA) is 0 Å². The summed E-state index contributed by atoms with van der Waals surface area (Å²) in [6, 6.07) is 0. The first kappa shape index (κ1) is 53.0. The Balaban J connectivity index is 0. The van der Waals surface area contributed by atoms with E-state index >= 15 is 0 Å². The fourth-order valence-corrected chi connectivity index (χ4v) is 0. The van der Waals surface area contributed by atoms with Crippen molar-refractivity contribution in [2.75, 3.05) is 0 Å². The van der Waals surface area contributed by atoms with Crippen molar-refractivity contribution in [2.24, 2.45) is 0 Å². The molecule has 0 aliphatic carbocycles. The van der Waals surface area contributed by atoms with Gasteiger partial charge in [-0.05, 0) is 0 Å². The summed E-state index contributed by atoms with van der Waals surface area (Å²) < 4.78 is 0. The van der Waals surface area contributed by atoms with Crippen molar-refractivity contribution in [3.8, 4) is 0 Å². The first-order valence-electron chi connectivity index (χ1n) is 0. The van der Waals surface area contributed by atoms with Gasteiger partial charge >= 0.3 is 135 Å². The SMILES string of the molecule is [Eu+3].[S-2].[S-2].[S-2].[S-2].[Sm+3].[Sr+2]. The fourth-order valence-electron chi connectivity index (χ4n) is 0. The van der Waals surface area contributed by atoms with Gasteiger partial charge in [-0.25, -0.2) is 0 Å². The third-order valence-corrected chi connectivity index (χ3v) is 0. The molecule has 0 aromatic carbocycles. The summed E-state index contributed by atoms with van der Waals surface area (Å²) in [5, 5.41) is 0. The summed E-state index contributed by atoms with van der Waals surface area (Å²) >= 11 is 0. The summed E-state index contributed by atoms with van der Waals surface area (Å²) in [6.45, 7) is 0. The molecular weight excluding hydrogens is 518 g/mol. The zero-order valence-corrected chi connectivity index (χ0v) is 14.9. The van der Waals surface area contributed by atoms with Crippen LogP contribution in [0.1, 0.15) is 0 Å². The summed E-state index contributed by atoms with van der Waals surface area (Å²) in [5.74, 6) is 0. The Morgan fingerprint density at radius 3 is 0.571 bits per heavy atom. The maximum Gasteiger partial charge on any atom is 3.00 e. The summed E-state index contributed by atoms with van der Waals surface area (Å²) in [6.07, 6.45) is 0. The Kier molecular flexibility index (Phi) is 310. The minimum absolute atomic E-state index is 0. The average Bonchev–Trinajstić information content (AvgIpc) is 0. The molecule has 0 unspecified atom stereocenters. The minimum Gasteiger partial charge on any atom is -2.00 e. The van der Waals surface area contributed by atoms with Crippen LogP contribution in [0.4, 0.5) is 0 Å². The van der Waals surface area contributed by atoms with Gasteiger partial charge in [0, 0.05) is 0 Å². The van der Waals surface area contributed by atoms with E-state index in [2.05, 4.69) is 0 Å². The predicted molar refractivity (Wildman–Crippen MR) is 35.2 cm³/mol. The van der Waals surface area contributed by atoms with Crippen LogP contribution in [-0.2, 0) is 54.0 Å². The van der Waals surface area contributed by atoms with Crippen molar-refractivity contribution in [1.82, 2.24) is 0 Å². The normalized spacial score (nSPS) is 0. The van der Waals surface area contributed by atoms with Crippen LogP contribution >= 0.6 is 0 Å². The van der Waals surface area contributed by atoms with Gasteiger partial charge in [0.25, 0.3) is 0 Å². The van der Waals surface area contributed by atoms with Gasteiger partial charge < -0.3 is 54.0 Å². The largest absolute Gasteiger partial charge is 3.00 e. The molecule has 0 rings (SSSR count). The number of hydrogen-bond donors (Lipinski definition) is 0. The molecule has 0 fully saturated rings. The van der Waals surface area contributed by atoms with Gasteiger partial charge in [0.1, 0.15) is 0 Å². The van der Waals surface area contributed by atoms with Crippen molar-refractivity contribution < 1.29 is 89.8 Å². The Morgan fingerprint density at radius 1 is 0.571 bits per heavy atom. The van der Waals surface area contributed by atoms with E-state index in [1.54, 1.807) is 0 Å². The minimum atomic E-state index is 0. The smallest absolute Gasteiger partial charge is 2.00 e. The van der Waals surface area contributed by atoms with Crippen molar-refractivity contribution in [3.05, 3.63) is 0 Å². The van der Waals surface area contributed by atoms with Gasteiger partial charge in [-0.1, -0.05) is 0 Å². The van der Waals surface area contributed by atoms with Gasteiger partial charge in [0.05, 0.1) is 0 Å². The van der Waals surface area contributed by atoms with E-state index in [9.17, 15) is 0 Å². The first-order valence-corrected chi connectivity index (χ1v) is 0. The van der Waals surface area contributed by atoms with Crippen LogP contribution in [0.3, 0.4) is 0 Å². The second-order valence-electron chi connectivity index (χ2n) is 0. The second kappa shape index (κ2) is 40.9. The third kappa shape index (κ3) is 33.7.